The normalized spacial score (nSPS) is 16.1. The lowest BCUT2D eigenvalue weighted by Gasteiger charge is -2.36. The van der Waals surface area contributed by atoms with E-state index in [0.29, 0.717) is 5.92 Å². The van der Waals surface area contributed by atoms with Gasteiger partial charge in [-0.1, -0.05) is 36.4 Å². The topological polar surface area (TPSA) is 64.6 Å². The first-order valence-electron chi connectivity index (χ1n) is 13.3. The number of nitrogens with one attached hydrogen (secondary N) is 1. The van der Waals surface area contributed by atoms with E-state index in [4.69, 9.17) is 4.98 Å². The van der Waals surface area contributed by atoms with E-state index in [1.807, 2.05) is 42.5 Å². The van der Waals surface area contributed by atoms with Crippen LogP contribution in [-0.4, -0.2) is 77.4 Å². The van der Waals surface area contributed by atoms with Crippen molar-refractivity contribution in [3.63, 3.8) is 0 Å². The van der Waals surface area contributed by atoms with Crippen LogP contribution in [0.3, 0.4) is 0 Å². The first-order chi connectivity index (χ1) is 18.5. The molecule has 5 rings (SSSR count). The molecule has 3 heterocycles. The zero-order valence-electron chi connectivity index (χ0n) is 22.2. The number of anilines is 2. The number of nitrogens with zero attached hydrogens (tertiary/aromatic N) is 5. The maximum atomic E-state index is 13.7. The SMILES string of the molecule is CN(C)CCN(CC1CCCN(Cc2csc(Nc3ccccn3)n2)C1)C(=O)c1ccc2ccccc2c1. The molecule has 1 amide bonds. The fourth-order valence-electron chi connectivity index (χ4n) is 5.07. The van der Waals surface area contributed by atoms with Crippen LogP contribution in [0.1, 0.15) is 28.9 Å². The molecule has 38 heavy (non-hydrogen) atoms. The van der Waals surface area contributed by atoms with Gasteiger partial charge in [0.15, 0.2) is 5.13 Å². The highest BCUT2D eigenvalue weighted by molar-refractivity contribution is 7.13. The van der Waals surface area contributed by atoms with Gasteiger partial charge in [0.2, 0.25) is 0 Å². The summed E-state index contributed by atoms with van der Waals surface area (Å²) in [6, 6.07) is 20.1. The van der Waals surface area contributed by atoms with Crippen LogP contribution in [0.15, 0.2) is 72.2 Å². The second-order valence-electron chi connectivity index (χ2n) is 10.3. The molecule has 1 N–H and O–H groups in total. The minimum absolute atomic E-state index is 0.125. The maximum absolute atomic E-state index is 13.7. The first kappa shape index (κ1) is 26.3. The Kier molecular flexibility index (Phi) is 8.63. The summed E-state index contributed by atoms with van der Waals surface area (Å²) in [5.74, 6) is 1.37. The molecule has 1 fully saturated rings. The summed E-state index contributed by atoms with van der Waals surface area (Å²) in [6.07, 6.45) is 4.06. The van der Waals surface area contributed by atoms with Gasteiger partial charge in [0.1, 0.15) is 5.82 Å². The number of piperidine rings is 1. The Balaban J connectivity index is 1.22. The highest BCUT2D eigenvalue weighted by atomic mass is 32.1. The van der Waals surface area contributed by atoms with Crippen LogP contribution >= 0.6 is 11.3 Å². The van der Waals surface area contributed by atoms with Gasteiger partial charge in [0, 0.05) is 49.9 Å². The van der Waals surface area contributed by atoms with Crippen LogP contribution in [-0.2, 0) is 6.54 Å². The molecule has 0 radical (unpaired) electrons. The number of hydrogen-bond donors (Lipinski definition) is 1. The van der Waals surface area contributed by atoms with Gasteiger partial charge in [-0.3, -0.25) is 9.69 Å². The smallest absolute Gasteiger partial charge is 0.253 e. The number of carbonyl (C=O) groups excluding carboxylic acids is 1. The van der Waals surface area contributed by atoms with Crippen LogP contribution in [0.5, 0.6) is 0 Å². The Hall–Kier alpha value is -3.33. The minimum atomic E-state index is 0.125. The molecular formula is C30H36N6OS. The van der Waals surface area contributed by atoms with E-state index < -0.39 is 0 Å². The van der Waals surface area contributed by atoms with Crippen molar-refractivity contribution >= 4 is 39.0 Å². The van der Waals surface area contributed by atoms with E-state index in [0.717, 1.165) is 85.1 Å². The molecule has 0 spiro atoms. The predicted molar refractivity (Wildman–Crippen MR) is 156 cm³/mol. The van der Waals surface area contributed by atoms with Gasteiger partial charge < -0.3 is 15.1 Å². The third kappa shape index (κ3) is 6.95. The van der Waals surface area contributed by atoms with Crippen LogP contribution in [0.4, 0.5) is 10.9 Å². The Morgan fingerprint density at radius 2 is 1.92 bits per heavy atom. The van der Waals surface area contributed by atoms with Gasteiger partial charge in [0.25, 0.3) is 5.91 Å². The summed E-state index contributed by atoms with van der Waals surface area (Å²) in [6.45, 7) is 5.22. The fraction of sp³-hybridized carbons (Fsp3) is 0.367. The second-order valence-corrected chi connectivity index (χ2v) is 11.2. The molecule has 198 valence electrons. The summed E-state index contributed by atoms with van der Waals surface area (Å²) >= 11 is 1.61. The Labute approximate surface area is 229 Å². The Morgan fingerprint density at radius 1 is 1.08 bits per heavy atom. The Bertz CT molecular complexity index is 1340. The summed E-state index contributed by atoms with van der Waals surface area (Å²) in [4.78, 5) is 29.5. The summed E-state index contributed by atoms with van der Waals surface area (Å²) in [7, 11) is 4.12. The number of amides is 1. The average Bonchev–Trinajstić information content (AvgIpc) is 3.37. The van der Waals surface area contributed by atoms with Gasteiger partial charge in [-0.05, 0) is 74.4 Å². The summed E-state index contributed by atoms with van der Waals surface area (Å²) in [5, 5.41) is 8.54. The standard InChI is InChI=1S/C30H36N6OS/c1-34(2)16-17-36(29(37)26-13-12-24-9-3-4-10-25(24)18-26)20-23-8-7-15-35(19-23)21-27-22-38-30(32-27)33-28-11-5-6-14-31-28/h3-6,9-14,18,22-23H,7-8,15-17,19-21H2,1-2H3,(H,31,32,33). The molecule has 0 bridgehead atoms. The van der Waals surface area contributed by atoms with Crippen molar-refractivity contribution in [2.24, 2.45) is 5.92 Å². The number of aromatic nitrogens is 2. The largest absolute Gasteiger partial charge is 0.337 e. The molecule has 2 aromatic carbocycles. The van der Waals surface area contributed by atoms with E-state index in [2.05, 4.69) is 62.7 Å². The highest BCUT2D eigenvalue weighted by Gasteiger charge is 2.25. The number of rotatable bonds is 10. The molecule has 4 aromatic rings. The van der Waals surface area contributed by atoms with Gasteiger partial charge in [-0.15, -0.1) is 11.3 Å². The maximum Gasteiger partial charge on any atom is 0.253 e. The number of carbonyl (C=O) groups is 1. The molecule has 2 aromatic heterocycles. The van der Waals surface area contributed by atoms with E-state index in [-0.39, 0.29) is 5.91 Å². The predicted octanol–water partition coefficient (Wildman–Crippen LogP) is 5.35. The summed E-state index contributed by atoms with van der Waals surface area (Å²) in [5.41, 5.74) is 1.84. The van der Waals surface area contributed by atoms with Crippen molar-refractivity contribution in [2.75, 3.05) is 52.1 Å². The molecule has 0 aliphatic carbocycles. The van der Waals surface area contributed by atoms with Crippen LogP contribution < -0.4 is 5.32 Å². The number of hydrogen-bond acceptors (Lipinski definition) is 7. The number of likely N-dealkylation sites (N-methyl/N-ethyl adjacent to an activating group) is 1. The Morgan fingerprint density at radius 3 is 2.74 bits per heavy atom. The quantitative estimate of drug-likeness (QED) is 0.299. The zero-order valence-corrected chi connectivity index (χ0v) is 23.0. The van der Waals surface area contributed by atoms with Crippen LogP contribution in [0.2, 0.25) is 0 Å². The molecule has 1 unspecified atom stereocenters. The third-order valence-electron chi connectivity index (χ3n) is 7.02. The molecule has 7 nitrogen and oxygen atoms in total. The lowest BCUT2D eigenvalue weighted by atomic mass is 9.96. The molecule has 1 saturated heterocycles. The second kappa shape index (κ2) is 12.5. The number of fused-ring (bicyclic) bond motifs is 1. The highest BCUT2D eigenvalue weighted by Crippen LogP contribution is 2.24. The molecule has 1 aliphatic heterocycles. The first-order valence-corrected chi connectivity index (χ1v) is 14.2. The number of benzene rings is 2. The van der Waals surface area contributed by atoms with Crippen LogP contribution in [0, 0.1) is 5.92 Å². The lowest BCUT2D eigenvalue weighted by molar-refractivity contribution is 0.0660. The van der Waals surface area contributed by atoms with Crippen molar-refractivity contribution in [1.82, 2.24) is 24.7 Å². The summed E-state index contributed by atoms with van der Waals surface area (Å²) < 4.78 is 0. The van der Waals surface area contributed by atoms with Gasteiger partial charge in [-0.25, -0.2) is 9.97 Å². The van der Waals surface area contributed by atoms with Crippen molar-refractivity contribution in [3.8, 4) is 0 Å². The van der Waals surface area contributed by atoms with Crippen molar-refractivity contribution in [1.29, 1.82) is 0 Å². The lowest BCUT2D eigenvalue weighted by Crippen LogP contribution is -2.44. The monoisotopic (exact) mass is 528 g/mol. The number of pyridine rings is 1. The van der Waals surface area contributed by atoms with Gasteiger partial charge >= 0.3 is 0 Å². The number of thiazole rings is 1. The van der Waals surface area contributed by atoms with Crippen LogP contribution in [0.25, 0.3) is 10.8 Å². The van der Waals surface area contributed by atoms with Crippen molar-refractivity contribution in [2.45, 2.75) is 19.4 Å². The molecule has 1 aliphatic rings. The van der Waals surface area contributed by atoms with Gasteiger partial charge in [0.05, 0.1) is 5.69 Å². The van der Waals surface area contributed by atoms with Gasteiger partial charge in [-0.2, -0.15) is 0 Å². The minimum Gasteiger partial charge on any atom is -0.337 e. The van der Waals surface area contributed by atoms with E-state index in [9.17, 15) is 4.79 Å². The van der Waals surface area contributed by atoms with E-state index in [1.165, 1.54) is 0 Å². The van der Waals surface area contributed by atoms with Crippen molar-refractivity contribution < 1.29 is 4.79 Å². The van der Waals surface area contributed by atoms with Crippen molar-refractivity contribution in [3.05, 3.63) is 83.5 Å². The molecular weight excluding hydrogens is 492 g/mol. The fourth-order valence-corrected chi connectivity index (χ4v) is 5.78. The van der Waals surface area contributed by atoms with E-state index >= 15 is 0 Å². The zero-order chi connectivity index (χ0) is 26.3. The molecule has 1 atom stereocenters. The third-order valence-corrected chi connectivity index (χ3v) is 7.83. The van der Waals surface area contributed by atoms with E-state index in [1.54, 1.807) is 17.5 Å². The molecule has 0 saturated carbocycles. The molecule has 8 heteroatoms. The number of likely N-dealkylation sites (tertiary alicyclic amines) is 1. The average molecular weight is 529 g/mol.